The van der Waals surface area contributed by atoms with Crippen molar-refractivity contribution in [3.05, 3.63) is 71.8 Å². The number of pyridine rings is 2. The largest absolute Gasteiger partial charge is 0.296 e. The Hall–Kier alpha value is -2.30. The quantitative estimate of drug-likeness (QED) is 0.734. The van der Waals surface area contributed by atoms with Crippen LogP contribution in [-0.4, -0.2) is 45.9 Å². The molecule has 4 nitrogen and oxygen atoms in total. The molecule has 0 atom stereocenters. The summed E-state index contributed by atoms with van der Waals surface area (Å²) in [5.74, 6) is 0. The van der Waals surface area contributed by atoms with Crippen molar-refractivity contribution in [1.82, 2.24) is 19.8 Å². The van der Waals surface area contributed by atoms with Crippen LogP contribution in [0.15, 0.2) is 54.9 Å². The standard InChI is InChI=1S/C21H24N4/c1-17-19(6-4-9-22-17)15-24-11-13-25(14-12-24)16-21-20-7-3-2-5-18(20)8-10-23-21/h2-10H,11-16H2,1H3. The van der Waals surface area contributed by atoms with Crippen molar-refractivity contribution in [3.8, 4) is 0 Å². The van der Waals surface area contributed by atoms with E-state index >= 15 is 0 Å². The predicted molar refractivity (Wildman–Crippen MR) is 101 cm³/mol. The smallest absolute Gasteiger partial charge is 0.0622 e. The Morgan fingerprint density at radius 2 is 1.56 bits per heavy atom. The number of benzene rings is 1. The van der Waals surface area contributed by atoms with E-state index in [9.17, 15) is 0 Å². The molecule has 0 saturated carbocycles. The summed E-state index contributed by atoms with van der Waals surface area (Å²) in [5.41, 5.74) is 3.67. The van der Waals surface area contributed by atoms with Gasteiger partial charge in [0, 0.05) is 62.7 Å². The third kappa shape index (κ3) is 3.70. The highest BCUT2D eigenvalue weighted by molar-refractivity contribution is 5.84. The minimum Gasteiger partial charge on any atom is -0.296 e. The van der Waals surface area contributed by atoms with Crippen LogP contribution in [0.25, 0.3) is 10.8 Å². The lowest BCUT2D eigenvalue weighted by Gasteiger charge is -2.34. The molecule has 0 bridgehead atoms. The minimum atomic E-state index is 0.932. The third-order valence-corrected chi connectivity index (χ3v) is 5.10. The molecule has 3 aromatic rings. The fourth-order valence-corrected chi connectivity index (χ4v) is 3.55. The number of hydrogen-bond donors (Lipinski definition) is 0. The van der Waals surface area contributed by atoms with Crippen LogP contribution >= 0.6 is 0 Å². The van der Waals surface area contributed by atoms with Crippen LogP contribution in [0.2, 0.25) is 0 Å². The predicted octanol–water partition coefficient (Wildman–Crippen LogP) is 3.26. The zero-order valence-electron chi connectivity index (χ0n) is 14.7. The zero-order valence-corrected chi connectivity index (χ0v) is 14.7. The molecule has 3 heterocycles. The first-order valence-electron chi connectivity index (χ1n) is 8.97. The average molecular weight is 332 g/mol. The van der Waals surface area contributed by atoms with E-state index in [1.54, 1.807) is 0 Å². The molecular weight excluding hydrogens is 308 g/mol. The zero-order chi connectivity index (χ0) is 17.1. The summed E-state index contributed by atoms with van der Waals surface area (Å²) in [6, 6.07) is 14.8. The molecule has 4 heteroatoms. The molecule has 2 aromatic heterocycles. The average Bonchev–Trinajstić information content (AvgIpc) is 2.65. The molecule has 0 spiro atoms. The molecule has 0 amide bonds. The summed E-state index contributed by atoms with van der Waals surface area (Å²) in [7, 11) is 0. The molecule has 128 valence electrons. The van der Waals surface area contributed by atoms with Gasteiger partial charge in [0.05, 0.1) is 5.69 Å². The van der Waals surface area contributed by atoms with Crippen molar-refractivity contribution in [3.63, 3.8) is 0 Å². The van der Waals surface area contributed by atoms with E-state index < -0.39 is 0 Å². The van der Waals surface area contributed by atoms with Crippen LogP contribution in [0.5, 0.6) is 0 Å². The lowest BCUT2D eigenvalue weighted by Crippen LogP contribution is -2.45. The van der Waals surface area contributed by atoms with Gasteiger partial charge in [-0.1, -0.05) is 30.3 Å². The van der Waals surface area contributed by atoms with Crippen LogP contribution in [-0.2, 0) is 13.1 Å². The summed E-state index contributed by atoms with van der Waals surface area (Å²) in [4.78, 5) is 14.1. The molecule has 1 saturated heterocycles. The maximum atomic E-state index is 4.64. The number of rotatable bonds is 4. The van der Waals surface area contributed by atoms with Crippen molar-refractivity contribution in [2.75, 3.05) is 26.2 Å². The number of aromatic nitrogens is 2. The fraction of sp³-hybridized carbons (Fsp3) is 0.333. The van der Waals surface area contributed by atoms with Gasteiger partial charge in [0.15, 0.2) is 0 Å². The van der Waals surface area contributed by atoms with Gasteiger partial charge in [-0.2, -0.15) is 0 Å². The highest BCUT2D eigenvalue weighted by Gasteiger charge is 2.18. The van der Waals surface area contributed by atoms with Crippen LogP contribution in [0.4, 0.5) is 0 Å². The number of nitrogens with zero attached hydrogens (tertiary/aromatic N) is 4. The monoisotopic (exact) mass is 332 g/mol. The van der Waals surface area contributed by atoms with E-state index in [1.807, 2.05) is 18.5 Å². The first kappa shape index (κ1) is 16.2. The molecule has 0 N–H and O–H groups in total. The SMILES string of the molecule is Cc1ncccc1CN1CCN(Cc2nccc3ccccc23)CC1. The summed E-state index contributed by atoms with van der Waals surface area (Å²) >= 11 is 0. The van der Waals surface area contributed by atoms with Gasteiger partial charge < -0.3 is 0 Å². The molecule has 0 aliphatic carbocycles. The molecule has 1 aliphatic heterocycles. The molecule has 1 aromatic carbocycles. The first-order chi connectivity index (χ1) is 12.3. The molecular formula is C21H24N4. The van der Waals surface area contributed by atoms with Crippen LogP contribution in [0.1, 0.15) is 17.0 Å². The molecule has 0 unspecified atom stereocenters. The van der Waals surface area contributed by atoms with Crippen LogP contribution in [0.3, 0.4) is 0 Å². The van der Waals surface area contributed by atoms with Crippen LogP contribution in [0, 0.1) is 6.92 Å². The maximum absolute atomic E-state index is 4.64. The second-order valence-corrected chi connectivity index (χ2v) is 6.78. The lowest BCUT2D eigenvalue weighted by atomic mass is 10.1. The van der Waals surface area contributed by atoms with Gasteiger partial charge in [-0.25, -0.2) is 0 Å². The van der Waals surface area contributed by atoms with Crippen molar-refractivity contribution >= 4 is 10.8 Å². The normalized spacial score (nSPS) is 16.4. The summed E-state index contributed by atoms with van der Waals surface area (Å²) in [6.45, 7) is 8.39. The molecule has 25 heavy (non-hydrogen) atoms. The maximum Gasteiger partial charge on any atom is 0.0622 e. The van der Waals surface area contributed by atoms with Crippen molar-refractivity contribution in [2.24, 2.45) is 0 Å². The molecule has 0 radical (unpaired) electrons. The van der Waals surface area contributed by atoms with E-state index in [0.717, 1.165) is 45.0 Å². The van der Waals surface area contributed by atoms with Gasteiger partial charge >= 0.3 is 0 Å². The number of fused-ring (bicyclic) bond motifs is 1. The van der Waals surface area contributed by atoms with Gasteiger partial charge in [-0.05, 0) is 30.0 Å². The van der Waals surface area contributed by atoms with Crippen molar-refractivity contribution in [1.29, 1.82) is 0 Å². The Labute approximate surface area is 149 Å². The van der Waals surface area contributed by atoms with Crippen molar-refractivity contribution < 1.29 is 0 Å². The Kier molecular flexibility index (Phi) is 4.72. The van der Waals surface area contributed by atoms with Gasteiger partial charge in [-0.15, -0.1) is 0 Å². The molecule has 1 aliphatic rings. The minimum absolute atomic E-state index is 0.932. The molecule has 4 rings (SSSR count). The van der Waals surface area contributed by atoms with Crippen LogP contribution < -0.4 is 0 Å². The van der Waals surface area contributed by atoms with Gasteiger partial charge in [0.1, 0.15) is 0 Å². The van der Waals surface area contributed by atoms with Gasteiger partial charge in [0.2, 0.25) is 0 Å². The first-order valence-corrected chi connectivity index (χ1v) is 8.97. The van der Waals surface area contributed by atoms with E-state index in [2.05, 4.69) is 63.1 Å². The summed E-state index contributed by atoms with van der Waals surface area (Å²) in [5, 5.41) is 2.55. The highest BCUT2D eigenvalue weighted by Crippen LogP contribution is 2.19. The van der Waals surface area contributed by atoms with Gasteiger partial charge in [0.25, 0.3) is 0 Å². The number of piperazine rings is 1. The Morgan fingerprint density at radius 3 is 2.36 bits per heavy atom. The van der Waals surface area contributed by atoms with E-state index in [0.29, 0.717) is 0 Å². The van der Waals surface area contributed by atoms with E-state index in [-0.39, 0.29) is 0 Å². The number of aryl methyl sites for hydroxylation is 1. The third-order valence-electron chi connectivity index (χ3n) is 5.10. The topological polar surface area (TPSA) is 32.3 Å². The van der Waals surface area contributed by atoms with Crippen molar-refractivity contribution in [2.45, 2.75) is 20.0 Å². The van der Waals surface area contributed by atoms with E-state index in [4.69, 9.17) is 0 Å². The lowest BCUT2D eigenvalue weighted by molar-refractivity contribution is 0.121. The van der Waals surface area contributed by atoms with E-state index in [1.165, 1.54) is 22.0 Å². The molecule has 1 fully saturated rings. The summed E-state index contributed by atoms with van der Waals surface area (Å²) in [6.07, 6.45) is 3.80. The second-order valence-electron chi connectivity index (χ2n) is 6.78. The van der Waals surface area contributed by atoms with Gasteiger partial charge in [-0.3, -0.25) is 19.8 Å². The second kappa shape index (κ2) is 7.30. The highest BCUT2D eigenvalue weighted by atomic mass is 15.3. The fourth-order valence-electron chi connectivity index (χ4n) is 3.55. The Morgan fingerprint density at radius 1 is 0.800 bits per heavy atom. The Bertz CT molecular complexity index is 848. The number of hydrogen-bond acceptors (Lipinski definition) is 4. The summed E-state index contributed by atoms with van der Waals surface area (Å²) < 4.78 is 0. The Balaban J connectivity index is 1.38.